The molecule has 3 aromatic carbocycles. The standard InChI is InChI=1S/C38H47N5O6S/c1-23(44)40-27-16-14-24-21-33(47-2)36(48-3)37(49-4)35(24)25-15-17-30(32(45)22-26(25)27)39-19-10-6-7-13-34(46)41-31(18-20-50-5)38-42-28-11-8-9-12-29(28)43-38/h8-9,11-12,15,17,21-22,27,31H,6-7,10,13-14,16,18-20H2,1-5H3,(H,39,45)(H,40,44)(H,41,46)(H,42,43)/t27-,31-/m0/s1. The minimum absolute atomic E-state index is 0.00151. The van der Waals surface area contributed by atoms with Gasteiger partial charge >= 0.3 is 0 Å². The summed E-state index contributed by atoms with van der Waals surface area (Å²) in [5.41, 5.74) is 5.41. The van der Waals surface area contributed by atoms with Crippen LogP contribution in [-0.2, 0) is 16.0 Å². The van der Waals surface area contributed by atoms with Gasteiger partial charge in [0.05, 0.1) is 50.1 Å². The zero-order valence-electron chi connectivity index (χ0n) is 29.4. The first-order chi connectivity index (χ1) is 24.3. The number of imidazole rings is 1. The summed E-state index contributed by atoms with van der Waals surface area (Å²) < 4.78 is 17.2. The summed E-state index contributed by atoms with van der Waals surface area (Å²) >= 11 is 1.74. The van der Waals surface area contributed by atoms with Gasteiger partial charge in [-0.1, -0.05) is 24.6 Å². The minimum Gasteiger partial charge on any atom is -0.493 e. The first kappa shape index (κ1) is 36.6. The Bertz CT molecular complexity index is 1850. The van der Waals surface area contributed by atoms with E-state index in [1.54, 1.807) is 45.2 Å². The Morgan fingerprint density at radius 1 is 1.02 bits per heavy atom. The predicted octanol–water partition coefficient (Wildman–Crippen LogP) is 6.32. The number of hydrogen-bond donors (Lipinski definition) is 4. The van der Waals surface area contributed by atoms with E-state index in [1.807, 2.05) is 36.4 Å². The molecule has 1 heterocycles. The van der Waals surface area contributed by atoms with Gasteiger partial charge < -0.3 is 35.1 Å². The molecule has 50 heavy (non-hydrogen) atoms. The van der Waals surface area contributed by atoms with E-state index in [2.05, 4.69) is 27.2 Å². The summed E-state index contributed by atoms with van der Waals surface area (Å²) in [5, 5.41) is 9.53. The van der Waals surface area contributed by atoms with Crippen LogP contribution in [0.3, 0.4) is 0 Å². The molecule has 1 aliphatic rings. The highest BCUT2D eigenvalue weighted by Crippen LogP contribution is 2.50. The van der Waals surface area contributed by atoms with Crippen molar-refractivity contribution >= 4 is 40.3 Å². The van der Waals surface area contributed by atoms with Gasteiger partial charge in [-0.3, -0.25) is 14.4 Å². The van der Waals surface area contributed by atoms with Crippen molar-refractivity contribution < 1.29 is 23.8 Å². The molecule has 0 bridgehead atoms. The van der Waals surface area contributed by atoms with E-state index in [-0.39, 0.29) is 29.3 Å². The fourth-order valence-corrected chi connectivity index (χ4v) is 7.05. The lowest BCUT2D eigenvalue weighted by molar-refractivity contribution is -0.122. The first-order valence-electron chi connectivity index (χ1n) is 17.0. The van der Waals surface area contributed by atoms with Crippen molar-refractivity contribution in [2.75, 3.05) is 45.2 Å². The van der Waals surface area contributed by atoms with Gasteiger partial charge in [-0.15, -0.1) is 0 Å². The normalized spacial score (nSPS) is 14.1. The lowest BCUT2D eigenvalue weighted by Gasteiger charge is -2.19. The second-order valence-electron chi connectivity index (χ2n) is 12.4. The summed E-state index contributed by atoms with van der Waals surface area (Å²) in [7, 11) is 4.72. The Labute approximate surface area is 297 Å². The van der Waals surface area contributed by atoms with E-state index in [4.69, 9.17) is 19.2 Å². The van der Waals surface area contributed by atoms with E-state index in [9.17, 15) is 14.4 Å². The second-order valence-corrected chi connectivity index (χ2v) is 13.4. The predicted molar refractivity (Wildman–Crippen MR) is 200 cm³/mol. The third kappa shape index (κ3) is 8.53. The van der Waals surface area contributed by atoms with Gasteiger partial charge in [-0.05, 0) is 91.1 Å². The number of carbonyl (C=O) groups is 2. The average Bonchev–Trinajstić information content (AvgIpc) is 3.41. The number of amides is 2. The molecular formula is C38H47N5O6S. The molecule has 0 fully saturated rings. The summed E-state index contributed by atoms with van der Waals surface area (Å²) in [6.45, 7) is 2.05. The Morgan fingerprint density at radius 2 is 1.82 bits per heavy atom. The molecule has 5 rings (SSSR count). The molecule has 1 aromatic heterocycles. The third-order valence-electron chi connectivity index (χ3n) is 9.00. The van der Waals surface area contributed by atoms with Gasteiger partial charge in [0.25, 0.3) is 0 Å². The SMILES string of the molecule is COc1cc2c(c(OC)c1OC)-c1ccc(NCCCCCC(=O)N[C@@H](CCSC)c3nc4ccccc4[nH]3)c(=O)cc1[C@@H](NC(C)=O)CC2. The number of rotatable bonds is 16. The smallest absolute Gasteiger partial charge is 0.220 e. The highest BCUT2D eigenvalue weighted by atomic mass is 32.2. The van der Waals surface area contributed by atoms with Crippen LogP contribution in [0.15, 0.2) is 53.3 Å². The fourth-order valence-electron chi connectivity index (χ4n) is 6.58. The molecule has 4 N–H and O–H groups in total. The number of benzene rings is 2. The highest BCUT2D eigenvalue weighted by molar-refractivity contribution is 7.98. The molecule has 266 valence electrons. The molecule has 0 unspecified atom stereocenters. The van der Waals surface area contributed by atoms with Crippen molar-refractivity contribution in [3.8, 4) is 28.4 Å². The van der Waals surface area contributed by atoms with Crippen LogP contribution in [0.5, 0.6) is 17.2 Å². The molecular weight excluding hydrogens is 655 g/mol. The quantitative estimate of drug-likeness (QED) is 0.0987. The van der Waals surface area contributed by atoms with Crippen LogP contribution in [0.4, 0.5) is 5.69 Å². The van der Waals surface area contributed by atoms with Gasteiger partial charge in [0.1, 0.15) is 5.82 Å². The number of para-hydroxylation sites is 2. The summed E-state index contributed by atoms with van der Waals surface area (Å²) in [4.78, 5) is 46.8. The number of aromatic amines is 1. The average molecular weight is 702 g/mol. The molecule has 12 heteroatoms. The lowest BCUT2D eigenvalue weighted by atomic mass is 9.95. The Hall–Kier alpha value is -4.71. The maximum Gasteiger partial charge on any atom is 0.220 e. The maximum absolute atomic E-state index is 13.6. The van der Waals surface area contributed by atoms with Crippen molar-refractivity contribution in [2.45, 2.75) is 64.0 Å². The minimum atomic E-state index is -0.372. The van der Waals surface area contributed by atoms with Gasteiger partial charge in [-0.25, -0.2) is 4.98 Å². The molecule has 11 nitrogen and oxygen atoms in total. The number of aryl methyl sites for hydroxylation is 1. The van der Waals surface area contributed by atoms with Gasteiger partial charge in [0.2, 0.25) is 23.0 Å². The lowest BCUT2D eigenvalue weighted by Crippen LogP contribution is -2.29. The number of H-pyrrole nitrogens is 1. The van der Waals surface area contributed by atoms with Crippen LogP contribution in [-0.4, -0.2) is 61.7 Å². The fraction of sp³-hybridized carbons (Fsp3) is 0.421. The molecule has 1 aliphatic carbocycles. The molecule has 4 aromatic rings. The van der Waals surface area contributed by atoms with E-state index in [0.29, 0.717) is 54.3 Å². The molecule has 0 saturated heterocycles. The Balaban J connectivity index is 1.25. The van der Waals surface area contributed by atoms with Crippen molar-refractivity contribution in [2.24, 2.45) is 0 Å². The number of hydrogen-bond acceptors (Lipinski definition) is 9. The van der Waals surface area contributed by atoms with Crippen LogP contribution in [0.2, 0.25) is 0 Å². The number of carbonyl (C=O) groups excluding carboxylic acids is 2. The number of nitrogens with one attached hydrogen (secondary N) is 4. The topological polar surface area (TPSA) is 144 Å². The molecule has 0 saturated carbocycles. The van der Waals surface area contributed by atoms with Crippen molar-refractivity contribution in [1.29, 1.82) is 0 Å². The van der Waals surface area contributed by atoms with Crippen LogP contribution < -0.4 is 35.6 Å². The second kappa shape index (κ2) is 17.3. The molecule has 2 atom stereocenters. The largest absolute Gasteiger partial charge is 0.493 e. The van der Waals surface area contributed by atoms with Crippen molar-refractivity contribution in [3.63, 3.8) is 0 Å². The summed E-state index contributed by atoms with van der Waals surface area (Å²) in [6.07, 6.45) is 6.81. The third-order valence-corrected chi connectivity index (χ3v) is 9.64. The van der Waals surface area contributed by atoms with Gasteiger partial charge in [-0.2, -0.15) is 11.8 Å². The summed E-state index contributed by atoms with van der Waals surface area (Å²) in [6, 6.07) is 14.6. The number of nitrogens with zero attached hydrogens (tertiary/aromatic N) is 1. The number of methoxy groups -OCH3 is 3. The highest BCUT2D eigenvalue weighted by Gasteiger charge is 2.29. The van der Waals surface area contributed by atoms with Crippen LogP contribution in [0, 0.1) is 0 Å². The Morgan fingerprint density at radius 3 is 2.54 bits per heavy atom. The maximum atomic E-state index is 13.6. The zero-order chi connectivity index (χ0) is 35.6. The van der Waals surface area contributed by atoms with Crippen LogP contribution in [0.25, 0.3) is 22.2 Å². The number of ether oxygens (including phenoxy) is 3. The molecule has 0 aliphatic heterocycles. The van der Waals surface area contributed by atoms with E-state index >= 15 is 0 Å². The van der Waals surface area contributed by atoms with Crippen molar-refractivity contribution in [1.82, 2.24) is 20.6 Å². The summed E-state index contributed by atoms with van der Waals surface area (Å²) in [5.74, 6) is 3.04. The monoisotopic (exact) mass is 701 g/mol. The van der Waals surface area contributed by atoms with E-state index < -0.39 is 0 Å². The number of thioether (sulfide) groups is 1. The molecule has 0 radical (unpaired) electrons. The number of fused-ring (bicyclic) bond motifs is 4. The molecule has 2 amide bonds. The number of anilines is 1. The van der Waals surface area contributed by atoms with Gasteiger partial charge in [0.15, 0.2) is 11.5 Å². The van der Waals surface area contributed by atoms with Crippen molar-refractivity contribution in [3.05, 3.63) is 75.7 Å². The number of unbranched alkanes of at least 4 members (excludes halogenated alkanes) is 2. The van der Waals surface area contributed by atoms with Crippen LogP contribution in [0.1, 0.15) is 74.5 Å². The van der Waals surface area contributed by atoms with E-state index in [1.165, 1.54) is 6.92 Å². The number of aromatic nitrogens is 2. The Kier molecular flexibility index (Phi) is 12.6. The van der Waals surface area contributed by atoms with E-state index in [0.717, 1.165) is 65.0 Å². The van der Waals surface area contributed by atoms with Gasteiger partial charge in [0, 0.05) is 25.5 Å². The first-order valence-corrected chi connectivity index (χ1v) is 18.4. The molecule has 0 spiro atoms. The zero-order valence-corrected chi connectivity index (χ0v) is 30.3. The van der Waals surface area contributed by atoms with Crippen LogP contribution >= 0.6 is 11.8 Å².